The summed E-state index contributed by atoms with van der Waals surface area (Å²) in [4.78, 5) is 13.8. The van der Waals surface area contributed by atoms with E-state index in [-0.39, 0.29) is 0 Å². The van der Waals surface area contributed by atoms with E-state index in [9.17, 15) is 0 Å². The predicted octanol–water partition coefficient (Wildman–Crippen LogP) is 4.30. The van der Waals surface area contributed by atoms with E-state index in [4.69, 9.17) is 0 Å². The highest BCUT2D eigenvalue weighted by Crippen LogP contribution is 2.31. The molecule has 0 aliphatic heterocycles. The lowest BCUT2D eigenvalue weighted by molar-refractivity contribution is 0.954. The second-order valence-corrected chi connectivity index (χ2v) is 7.58. The lowest BCUT2D eigenvalue weighted by atomic mass is 10.6. The molecule has 0 unspecified atom stereocenters. The number of rotatable bonds is 0. The fraction of sp³-hybridized carbons (Fsp3) is 0.182. The molecule has 4 heterocycles. The van der Waals surface area contributed by atoms with Gasteiger partial charge < -0.3 is 0 Å². The van der Waals surface area contributed by atoms with Gasteiger partial charge in [-0.2, -0.15) is 0 Å². The molecule has 0 N–H and O–H groups in total. The van der Waals surface area contributed by atoms with Crippen molar-refractivity contribution in [2.75, 3.05) is 0 Å². The van der Waals surface area contributed by atoms with Crippen LogP contribution in [0.5, 0.6) is 0 Å². The lowest BCUT2D eigenvalue weighted by Gasteiger charge is -2.04. The normalized spacial score (nSPS) is 12.3. The van der Waals surface area contributed by atoms with Crippen LogP contribution in [-0.2, 0) is 0 Å². The predicted molar refractivity (Wildman–Crippen MR) is 93.0 cm³/mol. The van der Waals surface area contributed by atoms with E-state index in [0.717, 1.165) is 42.5 Å². The third-order valence-corrected chi connectivity index (χ3v) is 6.96. The Hall–Kier alpha value is -0.450. The standard InChI is InChI=1S/C11H6Br4N6/c1-3-6(13)19-9-16-4(2)7(14)20(9)11-18-5(12)8(15)21(11)10(19)17-3/h1-2H3. The number of aromatic nitrogens is 6. The minimum atomic E-state index is 0.715. The molecule has 0 saturated heterocycles. The SMILES string of the molecule is Cc1nc2n(c1Br)c1nc(C)c(Br)n1c1nc(Br)c(Br)n21. The van der Waals surface area contributed by atoms with E-state index in [1.165, 1.54) is 0 Å². The Balaban J connectivity index is 2.49. The van der Waals surface area contributed by atoms with Gasteiger partial charge in [-0.25, -0.2) is 28.2 Å². The van der Waals surface area contributed by atoms with Crippen LogP contribution in [0.2, 0.25) is 0 Å². The molecule has 0 aliphatic carbocycles. The zero-order valence-corrected chi connectivity index (χ0v) is 17.0. The van der Waals surface area contributed by atoms with Crippen molar-refractivity contribution in [3.63, 3.8) is 0 Å². The zero-order valence-electron chi connectivity index (χ0n) is 10.7. The molecule has 0 aliphatic rings. The van der Waals surface area contributed by atoms with Crippen LogP contribution < -0.4 is 0 Å². The molecule has 4 rings (SSSR count). The molecule has 0 fully saturated rings. The van der Waals surface area contributed by atoms with E-state index in [1.807, 2.05) is 27.0 Å². The van der Waals surface area contributed by atoms with E-state index >= 15 is 0 Å². The highest BCUT2D eigenvalue weighted by molar-refractivity contribution is 9.13. The van der Waals surface area contributed by atoms with Gasteiger partial charge in [0.25, 0.3) is 0 Å². The van der Waals surface area contributed by atoms with E-state index in [0.29, 0.717) is 4.60 Å². The molecule has 0 bridgehead atoms. The van der Waals surface area contributed by atoms with Crippen molar-refractivity contribution in [2.45, 2.75) is 13.8 Å². The topological polar surface area (TPSA) is 51.9 Å². The number of hydrogen-bond acceptors (Lipinski definition) is 3. The van der Waals surface area contributed by atoms with Gasteiger partial charge in [0.15, 0.2) is 0 Å². The van der Waals surface area contributed by atoms with Crippen LogP contribution in [0.25, 0.3) is 17.3 Å². The molecular weight excluding hydrogens is 536 g/mol. The Morgan fingerprint density at radius 3 is 1.48 bits per heavy atom. The Kier molecular flexibility index (Phi) is 3.05. The average Bonchev–Trinajstić information content (AvgIpc) is 2.99. The Labute approximate surface area is 152 Å². The Bertz CT molecular complexity index is 891. The van der Waals surface area contributed by atoms with Gasteiger partial charge in [-0.15, -0.1) is 0 Å². The summed E-state index contributed by atoms with van der Waals surface area (Å²) in [6.07, 6.45) is 0. The first-order valence-electron chi connectivity index (χ1n) is 5.86. The number of imidazole rings is 3. The summed E-state index contributed by atoms with van der Waals surface area (Å²) in [6.45, 7) is 3.90. The van der Waals surface area contributed by atoms with Crippen LogP contribution in [-0.4, -0.2) is 28.2 Å². The van der Waals surface area contributed by atoms with Gasteiger partial charge in [0.2, 0.25) is 17.3 Å². The molecule has 4 aromatic rings. The Morgan fingerprint density at radius 2 is 1.00 bits per heavy atom. The number of halogens is 4. The summed E-state index contributed by atoms with van der Waals surface area (Å²) in [6, 6.07) is 0. The van der Waals surface area contributed by atoms with E-state index in [2.05, 4.69) is 78.7 Å². The fourth-order valence-corrected chi connectivity index (χ4v) is 3.89. The second kappa shape index (κ2) is 4.53. The number of fused-ring (bicyclic) bond motifs is 6. The molecular formula is C11H6Br4N6. The molecule has 4 aromatic heterocycles. The molecule has 0 radical (unpaired) electrons. The summed E-state index contributed by atoms with van der Waals surface area (Å²) in [5, 5.41) is 0. The first kappa shape index (κ1) is 14.2. The van der Waals surface area contributed by atoms with E-state index < -0.39 is 0 Å². The minimum Gasteiger partial charge on any atom is -0.240 e. The molecule has 0 saturated carbocycles. The maximum absolute atomic E-state index is 4.63. The molecule has 0 atom stereocenters. The van der Waals surface area contributed by atoms with Crippen LogP contribution in [0.3, 0.4) is 0 Å². The average molecular weight is 542 g/mol. The van der Waals surface area contributed by atoms with Crippen molar-refractivity contribution in [1.29, 1.82) is 0 Å². The monoisotopic (exact) mass is 538 g/mol. The van der Waals surface area contributed by atoms with Gasteiger partial charge in [0, 0.05) is 0 Å². The third kappa shape index (κ3) is 1.70. The van der Waals surface area contributed by atoms with Crippen molar-refractivity contribution in [1.82, 2.24) is 28.2 Å². The third-order valence-electron chi connectivity index (χ3n) is 3.29. The largest absolute Gasteiger partial charge is 0.240 e. The van der Waals surface area contributed by atoms with Gasteiger partial charge in [-0.1, -0.05) is 0 Å². The molecule has 6 nitrogen and oxygen atoms in total. The van der Waals surface area contributed by atoms with Gasteiger partial charge in [0.1, 0.15) is 18.4 Å². The first-order chi connectivity index (χ1) is 9.91. The van der Waals surface area contributed by atoms with Gasteiger partial charge in [-0.05, 0) is 77.6 Å². The minimum absolute atomic E-state index is 0.715. The lowest BCUT2D eigenvalue weighted by Crippen LogP contribution is -2.04. The summed E-state index contributed by atoms with van der Waals surface area (Å²) in [5.74, 6) is 2.21. The van der Waals surface area contributed by atoms with Crippen molar-refractivity contribution in [3.8, 4) is 0 Å². The van der Waals surface area contributed by atoms with Gasteiger partial charge in [0.05, 0.1) is 11.4 Å². The summed E-state index contributed by atoms with van der Waals surface area (Å²) >= 11 is 14.2. The van der Waals surface area contributed by atoms with Crippen LogP contribution in [0, 0.1) is 13.8 Å². The van der Waals surface area contributed by atoms with Gasteiger partial charge >= 0.3 is 0 Å². The molecule has 0 aromatic carbocycles. The van der Waals surface area contributed by atoms with Crippen LogP contribution >= 0.6 is 63.7 Å². The van der Waals surface area contributed by atoms with Crippen LogP contribution in [0.1, 0.15) is 11.4 Å². The Morgan fingerprint density at radius 1 is 0.619 bits per heavy atom. The van der Waals surface area contributed by atoms with E-state index in [1.54, 1.807) is 0 Å². The van der Waals surface area contributed by atoms with Crippen molar-refractivity contribution >= 4 is 81.1 Å². The number of hydrogen-bond donors (Lipinski definition) is 0. The molecule has 108 valence electrons. The molecule has 21 heavy (non-hydrogen) atoms. The number of nitrogens with zero attached hydrogens (tertiary/aromatic N) is 6. The van der Waals surface area contributed by atoms with Crippen molar-refractivity contribution in [3.05, 3.63) is 29.8 Å². The maximum atomic E-state index is 4.63. The summed E-state index contributed by atoms with van der Waals surface area (Å²) in [7, 11) is 0. The van der Waals surface area contributed by atoms with Crippen LogP contribution in [0.15, 0.2) is 18.4 Å². The summed E-state index contributed by atoms with van der Waals surface area (Å²) in [5.41, 5.74) is 1.77. The van der Waals surface area contributed by atoms with Crippen molar-refractivity contribution in [2.24, 2.45) is 0 Å². The molecule has 0 amide bonds. The second-order valence-electron chi connectivity index (χ2n) is 4.58. The van der Waals surface area contributed by atoms with Crippen LogP contribution in [0.4, 0.5) is 0 Å². The quantitative estimate of drug-likeness (QED) is 0.334. The highest BCUT2D eigenvalue weighted by Gasteiger charge is 2.22. The first-order valence-corrected chi connectivity index (χ1v) is 9.03. The molecule has 0 spiro atoms. The highest BCUT2D eigenvalue weighted by atomic mass is 79.9. The maximum Gasteiger partial charge on any atom is 0.226 e. The van der Waals surface area contributed by atoms with Crippen molar-refractivity contribution < 1.29 is 0 Å². The van der Waals surface area contributed by atoms with Gasteiger partial charge in [-0.3, -0.25) is 0 Å². The molecule has 10 heteroatoms. The summed E-state index contributed by atoms with van der Waals surface area (Å²) < 4.78 is 9.10. The zero-order chi connectivity index (χ0) is 15.0. The fourth-order valence-electron chi connectivity index (χ4n) is 2.34. The number of aryl methyl sites for hydroxylation is 2. The smallest absolute Gasteiger partial charge is 0.226 e.